The zero-order valence-electron chi connectivity index (χ0n) is 10.2. The Morgan fingerprint density at radius 1 is 1.39 bits per heavy atom. The summed E-state index contributed by atoms with van der Waals surface area (Å²) in [4.78, 5) is 12.0. The maximum Gasteiger partial charge on any atom is 0.251 e. The van der Waals surface area contributed by atoms with Crippen molar-refractivity contribution in [1.82, 2.24) is 15.5 Å². The molecule has 5 nitrogen and oxygen atoms in total. The molecule has 0 aliphatic carbocycles. The number of nitrogens with two attached hydrogens (primary N) is 1. The third kappa shape index (κ3) is 2.51. The van der Waals surface area contributed by atoms with Crippen LogP contribution in [0.5, 0.6) is 0 Å². The van der Waals surface area contributed by atoms with Gasteiger partial charge in [0.15, 0.2) is 0 Å². The number of hydrogen-bond donors (Lipinski definition) is 3. The van der Waals surface area contributed by atoms with Gasteiger partial charge in [-0.3, -0.25) is 9.89 Å². The van der Waals surface area contributed by atoms with E-state index in [9.17, 15) is 4.79 Å². The van der Waals surface area contributed by atoms with E-state index in [1.807, 2.05) is 31.2 Å². The molecule has 1 aromatic carbocycles. The number of aryl methyl sites for hydroxylation is 1. The monoisotopic (exact) mass is 244 g/mol. The SMILES string of the molecule is CCc1ccccc1C(=O)NCc1cn[nH]c1N. The van der Waals surface area contributed by atoms with E-state index in [0.717, 1.165) is 17.5 Å². The number of carbonyl (C=O) groups excluding carboxylic acids is 1. The molecule has 18 heavy (non-hydrogen) atoms. The van der Waals surface area contributed by atoms with Crippen molar-refractivity contribution in [3.05, 3.63) is 47.2 Å². The number of aromatic nitrogens is 2. The topological polar surface area (TPSA) is 83.8 Å². The summed E-state index contributed by atoms with van der Waals surface area (Å²) in [5, 5.41) is 9.27. The Balaban J connectivity index is 2.06. The van der Waals surface area contributed by atoms with Gasteiger partial charge in [-0.25, -0.2) is 0 Å². The van der Waals surface area contributed by atoms with Crippen LogP contribution in [-0.4, -0.2) is 16.1 Å². The molecule has 1 heterocycles. The van der Waals surface area contributed by atoms with E-state index in [4.69, 9.17) is 5.73 Å². The van der Waals surface area contributed by atoms with Crippen molar-refractivity contribution in [3.63, 3.8) is 0 Å². The molecule has 0 saturated heterocycles. The predicted molar refractivity (Wildman–Crippen MR) is 70.0 cm³/mol. The molecule has 1 amide bonds. The highest BCUT2D eigenvalue weighted by molar-refractivity contribution is 5.95. The number of aromatic amines is 1. The minimum Gasteiger partial charge on any atom is -0.384 e. The zero-order valence-corrected chi connectivity index (χ0v) is 10.2. The number of anilines is 1. The van der Waals surface area contributed by atoms with E-state index in [1.54, 1.807) is 6.20 Å². The second-order valence-electron chi connectivity index (χ2n) is 4.00. The summed E-state index contributed by atoms with van der Waals surface area (Å²) in [6.07, 6.45) is 2.44. The third-order valence-corrected chi connectivity index (χ3v) is 2.83. The van der Waals surface area contributed by atoms with Crippen molar-refractivity contribution in [2.45, 2.75) is 19.9 Å². The lowest BCUT2D eigenvalue weighted by atomic mass is 10.0. The fourth-order valence-electron chi connectivity index (χ4n) is 1.78. The molecule has 0 atom stereocenters. The van der Waals surface area contributed by atoms with Crippen LogP contribution in [0.3, 0.4) is 0 Å². The number of nitrogen functional groups attached to an aromatic ring is 1. The zero-order chi connectivity index (χ0) is 13.0. The van der Waals surface area contributed by atoms with Crippen LogP contribution < -0.4 is 11.1 Å². The number of amides is 1. The smallest absolute Gasteiger partial charge is 0.251 e. The number of benzene rings is 1. The molecule has 0 unspecified atom stereocenters. The molecule has 94 valence electrons. The first-order chi connectivity index (χ1) is 8.72. The molecule has 2 rings (SSSR count). The van der Waals surface area contributed by atoms with Crippen molar-refractivity contribution in [1.29, 1.82) is 0 Å². The Labute approximate surface area is 105 Å². The fraction of sp³-hybridized carbons (Fsp3) is 0.231. The standard InChI is InChI=1S/C13H16N4O/c1-2-9-5-3-4-6-11(9)13(18)15-7-10-8-16-17-12(10)14/h3-6,8H,2,7H2,1H3,(H,15,18)(H3,14,16,17). The van der Waals surface area contributed by atoms with Gasteiger partial charge in [-0.15, -0.1) is 0 Å². The average molecular weight is 244 g/mol. The van der Waals surface area contributed by atoms with Gasteiger partial charge in [0.05, 0.1) is 6.20 Å². The Hall–Kier alpha value is -2.30. The highest BCUT2D eigenvalue weighted by Gasteiger charge is 2.10. The highest BCUT2D eigenvalue weighted by atomic mass is 16.1. The van der Waals surface area contributed by atoms with Crippen molar-refractivity contribution >= 4 is 11.7 Å². The van der Waals surface area contributed by atoms with Crippen molar-refractivity contribution in [2.24, 2.45) is 0 Å². The van der Waals surface area contributed by atoms with Crippen LogP contribution in [-0.2, 0) is 13.0 Å². The lowest BCUT2D eigenvalue weighted by Gasteiger charge is -2.08. The number of rotatable bonds is 4. The van der Waals surface area contributed by atoms with Gasteiger partial charge in [-0.2, -0.15) is 5.10 Å². The first-order valence-corrected chi connectivity index (χ1v) is 5.86. The summed E-state index contributed by atoms with van der Waals surface area (Å²) in [5.41, 5.74) is 8.19. The molecule has 5 heteroatoms. The number of hydrogen-bond acceptors (Lipinski definition) is 3. The van der Waals surface area contributed by atoms with Crippen molar-refractivity contribution in [3.8, 4) is 0 Å². The minimum atomic E-state index is -0.0898. The van der Waals surface area contributed by atoms with Gasteiger partial charge >= 0.3 is 0 Å². The molecule has 0 fully saturated rings. The fourth-order valence-corrected chi connectivity index (χ4v) is 1.78. The highest BCUT2D eigenvalue weighted by Crippen LogP contribution is 2.10. The van der Waals surface area contributed by atoms with Crippen LogP contribution in [0.25, 0.3) is 0 Å². The Morgan fingerprint density at radius 3 is 2.83 bits per heavy atom. The van der Waals surface area contributed by atoms with Gasteiger partial charge in [0.1, 0.15) is 5.82 Å². The van der Waals surface area contributed by atoms with E-state index in [-0.39, 0.29) is 5.91 Å². The second-order valence-corrected chi connectivity index (χ2v) is 4.00. The van der Waals surface area contributed by atoms with Gasteiger partial charge in [0, 0.05) is 17.7 Å². The van der Waals surface area contributed by atoms with Crippen molar-refractivity contribution in [2.75, 3.05) is 5.73 Å². The first kappa shape index (κ1) is 12.2. The van der Waals surface area contributed by atoms with Gasteiger partial charge in [-0.1, -0.05) is 25.1 Å². The molecule has 0 bridgehead atoms. The Kier molecular flexibility index (Phi) is 3.62. The van der Waals surface area contributed by atoms with Crippen LogP contribution in [0.1, 0.15) is 28.4 Å². The first-order valence-electron chi connectivity index (χ1n) is 5.86. The van der Waals surface area contributed by atoms with Crippen molar-refractivity contribution < 1.29 is 4.79 Å². The van der Waals surface area contributed by atoms with Crippen LogP contribution in [0.15, 0.2) is 30.5 Å². The van der Waals surface area contributed by atoms with Crippen LogP contribution in [0.4, 0.5) is 5.82 Å². The summed E-state index contributed by atoms with van der Waals surface area (Å²) in [7, 11) is 0. The van der Waals surface area contributed by atoms with E-state index < -0.39 is 0 Å². The maximum atomic E-state index is 12.0. The van der Waals surface area contributed by atoms with Gasteiger partial charge in [0.25, 0.3) is 5.91 Å². The number of nitrogens with zero attached hydrogens (tertiary/aromatic N) is 1. The van der Waals surface area contributed by atoms with Gasteiger partial charge < -0.3 is 11.1 Å². The van der Waals surface area contributed by atoms with E-state index >= 15 is 0 Å². The quantitative estimate of drug-likeness (QED) is 0.761. The lowest BCUT2D eigenvalue weighted by molar-refractivity contribution is 0.0950. The largest absolute Gasteiger partial charge is 0.384 e. The summed E-state index contributed by atoms with van der Waals surface area (Å²) in [6.45, 7) is 2.40. The molecule has 2 aromatic rings. The summed E-state index contributed by atoms with van der Waals surface area (Å²) >= 11 is 0. The van der Waals surface area contributed by atoms with Gasteiger partial charge in [-0.05, 0) is 18.1 Å². The molecule has 0 saturated carbocycles. The molecule has 4 N–H and O–H groups in total. The molecule has 0 spiro atoms. The summed E-state index contributed by atoms with van der Waals surface area (Å²) in [6, 6.07) is 7.58. The van der Waals surface area contributed by atoms with Crippen LogP contribution in [0.2, 0.25) is 0 Å². The molecule has 0 aliphatic rings. The molecular formula is C13H16N4O. The summed E-state index contributed by atoms with van der Waals surface area (Å²) < 4.78 is 0. The molecule has 0 radical (unpaired) electrons. The number of H-pyrrole nitrogens is 1. The second kappa shape index (κ2) is 5.35. The Morgan fingerprint density at radius 2 is 2.17 bits per heavy atom. The normalized spacial score (nSPS) is 10.3. The Bertz CT molecular complexity index is 547. The van der Waals surface area contributed by atoms with Crippen LogP contribution >= 0.6 is 0 Å². The molecular weight excluding hydrogens is 228 g/mol. The third-order valence-electron chi connectivity index (χ3n) is 2.83. The minimum absolute atomic E-state index is 0.0898. The van der Waals surface area contributed by atoms with E-state index in [2.05, 4.69) is 15.5 Å². The summed E-state index contributed by atoms with van der Waals surface area (Å²) in [5.74, 6) is 0.395. The van der Waals surface area contributed by atoms with E-state index in [1.165, 1.54) is 0 Å². The molecule has 0 aliphatic heterocycles. The lowest BCUT2D eigenvalue weighted by Crippen LogP contribution is -2.24. The maximum absolute atomic E-state index is 12.0. The number of nitrogens with one attached hydrogen (secondary N) is 2. The number of carbonyl (C=O) groups is 1. The molecule has 1 aromatic heterocycles. The predicted octanol–water partition coefficient (Wildman–Crippen LogP) is 1.48. The van der Waals surface area contributed by atoms with E-state index in [0.29, 0.717) is 17.9 Å². The average Bonchev–Trinajstić information content (AvgIpc) is 2.81. The van der Waals surface area contributed by atoms with Crippen LogP contribution in [0, 0.1) is 0 Å². The van der Waals surface area contributed by atoms with Gasteiger partial charge in [0.2, 0.25) is 0 Å².